The smallest absolute Gasteiger partial charge is 0.378 e. The Balaban J connectivity index is 1.58. The average Bonchev–Trinajstić information content (AvgIpc) is 2.61. The van der Waals surface area contributed by atoms with Crippen molar-refractivity contribution in [3.63, 3.8) is 0 Å². The van der Waals surface area contributed by atoms with Crippen molar-refractivity contribution in [1.82, 2.24) is 14.9 Å². The Morgan fingerprint density at radius 2 is 1.56 bits per heavy atom. The number of morpholine rings is 1. The number of piperazine rings is 1. The minimum atomic E-state index is -4.46. The van der Waals surface area contributed by atoms with Gasteiger partial charge in [0.05, 0.1) is 13.2 Å². The number of ether oxygens (including phenoxy) is 1. The third-order valence-electron chi connectivity index (χ3n) is 4.28. The molecule has 1 aromatic heterocycles. The van der Waals surface area contributed by atoms with Crippen LogP contribution >= 0.6 is 0 Å². The lowest BCUT2D eigenvalue weighted by atomic mass is 10.2. The summed E-state index contributed by atoms with van der Waals surface area (Å²) >= 11 is 0. The fraction of sp³-hybridized carbons (Fsp3) is 0.667. The number of hydrogen-bond donors (Lipinski definition) is 0. The first kappa shape index (κ1) is 17.7. The SMILES string of the molecule is O=C(CC(F)(F)F)N1CCN(c2cc(N3CCOCC3)ncn2)CC1. The van der Waals surface area contributed by atoms with E-state index in [2.05, 4.69) is 14.9 Å². The summed E-state index contributed by atoms with van der Waals surface area (Å²) in [5, 5.41) is 0. The lowest BCUT2D eigenvalue weighted by Crippen LogP contribution is -2.49. The van der Waals surface area contributed by atoms with Gasteiger partial charge in [-0.2, -0.15) is 13.2 Å². The lowest BCUT2D eigenvalue weighted by molar-refractivity contribution is -0.161. The zero-order chi connectivity index (χ0) is 17.9. The Labute approximate surface area is 143 Å². The standard InChI is InChI=1S/C15H20F3N5O2/c16-15(17,18)10-14(24)23-3-1-21(2-4-23)12-9-13(20-11-19-12)22-5-7-25-8-6-22/h9,11H,1-8,10H2. The Bertz CT molecular complexity index is 599. The van der Waals surface area contributed by atoms with Crippen LogP contribution in [0.25, 0.3) is 0 Å². The van der Waals surface area contributed by atoms with E-state index in [1.807, 2.05) is 11.0 Å². The molecule has 25 heavy (non-hydrogen) atoms. The quantitative estimate of drug-likeness (QED) is 0.800. The number of nitrogens with zero attached hydrogens (tertiary/aromatic N) is 5. The maximum atomic E-state index is 12.3. The van der Waals surface area contributed by atoms with Crippen LogP contribution in [0.3, 0.4) is 0 Å². The Kier molecular flexibility index (Phi) is 5.26. The van der Waals surface area contributed by atoms with Crippen LogP contribution in [0, 0.1) is 0 Å². The van der Waals surface area contributed by atoms with E-state index in [0.29, 0.717) is 26.3 Å². The minimum absolute atomic E-state index is 0.256. The molecule has 1 aromatic rings. The van der Waals surface area contributed by atoms with Crippen LogP contribution in [0.1, 0.15) is 6.42 Å². The first-order chi connectivity index (χ1) is 11.9. The summed E-state index contributed by atoms with van der Waals surface area (Å²) in [6.45, 7) is 4.23. The van der Waals surface area contributed by atoms with E-state index >= 15 is 0 Å². The molecule has 138 valence electrons. The molecular formula is C15H20F3N5O2. The largest absolute Gasteiger partial charge is 0.397 e. The topological polar surface area (TPSA) is 61.8 Å². The van der Waals surface area contributed by atoms with Gasteiger partial charge in [0, 0.05) is 45.3 Å². The van der Waals surface area contributed by atoms with Crippen LogP contribution in [0.2, 0.25) is 0 Å². The van der Waals surface area contributed by atoms with Gasteiger partial charge in [0.15, 0.2) is 0 Å². The van der Waals surface area contributed by atoms with E-state index in [1.54, 1.807) is 0 Å². The predicted molar refractivity (Wildman–Crippen MR) is 84.5 cm³/mol. The number of alkyl halides is 3. The van der Waals surface area contributed by atoms with Crippen molar-refractivity contribution >= 4 is 17.5 Å². The van der Waals surface area contributed by atoms with Crippen molar-refractivity contribution in [1.29, 1.82) is 0 Å². The molecule has 2 fully saturated rings. The second-order valence-corrected chi connectivity index (χ2v) is 5.99. The van der Waals surface area contributed by atoms with Gasteiger partial charge in [0.2, 0.25) is 5.91 Å². The van der Waals surface area contributed by atoms with Gasteiger partial charge < -0.3 is 19.4 Å². The van der Waals surface area contributed by atoms with Gasteiger partial charge in [0.25, 0.3) is 0 Å². The Hall–Kier alpha value is -2.10. The van der Waals surface area contributed by atoms with Crippen molar-refractivity contribution in [3.8, 4) is 0 Å². The van der Waals surface area contributed by atoms with Gasteiger partial charge in [-0.3, -0.25) is 4.79 Å². The summed E-state index contributed by atoms with van der Waals surface area (Å²) in [6, 6.07) is 1.87. The highest BCUT2D eigenvalue weighted by atomic mass is 19.4. The average molecular weight is 359 g/mol. The molecule has 3 heterocycles. The van der Waals surface area contributed by atoms with Crippen LogP contribution < -0.4 is 9.80 Å². The molecule has 0 radical (unpaired) electrons. The van der Waals surface area contributed by atoms with Gasteiger partial charge in [-0.05, 0) is 0 Å². The number of rotatable bonds is 3. The van der Waals surface area contributed by atoms with Crippen LogP contribution in [-0.2, 0) is 9.53 Å². The molecule has 0 aliphatic carbocycles. The molecule has 0 N–H and O–H groups in total. The van der Waals surface area contributed by atoms with E-state index < -0.39 is 18.5 Å². The van der Waals surface area contributed by atoms with E-state index in [4.69, 9.17) is 4.74 Å². The van der Waals surface area contributed by atoms with Crippen LogP contribution in [0.15, 0.2) is 12.4 Å². The minimum Gasteiger partial charge on any atom is -0.378 e. The highest BCUT2D eigenvalue weighted by molar-refractivity contribution is 5.77. The zero-order valence-corrected chi connectivity index (χ0v) is 13.7. The highest BCUT2D eigenvalue weighted by Gasteiger charge is 2.34. The molecule has 0 atom stereocenters. The third kappa shape index (κ3) is 4.71. The zero-order valence-electron chi connectivity index (χ0n) is 13.7. The summed E-state index contributed by atoms with van der Waals surface area (Å²) in [5.74, 6) is 0.659. The molecule has 3 rings (SSSR count). The molecule has 2 aliphatic heterocycles. The first-order valence-electron chi connectivity index (χ1n) is 8.16. The second-order valence-electron chi connectivity index (χ2n) is 5.99. The molecule has 0 saturated carbocycles. The Morgan fingerprint density at radius 3 is 2.12 bits per heavy atom. The van der Waals surface area contributed by atoms with E-state index in [9.17, 15) is 18.0 Å². The number of carbonyl (C=O) groups is 1. The van der Waals surface area contributed by atoms with Crippen molar-refractivity contribution in [2.45, 2.75) is 12.6 Å². The molecule has 2 aliphatic rings. The summed E-state index contributed by atoms with van der Waals surface area (Å²) < 4.78 is 42.3. The number of anilines is 2. The first-order valence-corrected chi connectivity index (χ1v) is 8.16. The number of aromatic nitrogens is 2. The molecule has 1 amide bonds. The fourth-order valence-corrected chi connectivity index (χ4v) is 2.94. The number of carbonyl (C=O) groups excluding carboxylic acids is 1. The van der Waals surface area contributed by atoms with Crippen molar-refractivity contribution in [3.05, 3.63) is 12.4 Å². The van der Waals surface area contributed by atoms with E-state index in [-0.39, 0.29) is 13.1 Å². The summed E-state index contributed by atoms with van der Waals surface area (Å²) in [7, 11) is 0. The number of hydrogen-bond acceptors (Lipinski definition) is 6. The van der Waals surface area contributed by atoms with Crippen molar-refractivity contribution in [2.75, 3.05) is 62.3 Å². The summed E-state index contributed by atoms with van der Waals surface area (Å²) in [6.07, 6.45) is -4.38. The fourth-order valence-electron chi connectivity index (χ4n) is 2.94. The highest BCUT2D eigenvalue weighted by Crippen LogP contribution is 2.23. The molecule has 7 nitrogen and oxygen atoms in total. The third-order valence-corrected chi connectivity index (χ3v) is 4.28. The van der Waals surface area contributed by atoms with Crippen molar-refractivity contribution in [2.24, 2.45) is 0 Å². The second kappa shape index (κ2) is 7.42. The lowest BCUT2D eigenvalue weighted by Gasteiger charge is -2.36. The normalized spacial score (nSPS) is 19.2. The number of halogens is 3. The van der Waals surface area contributed by atoms with Gasteiger partial charge >= 0.3 is 6.18 Å². The van der Waals surface area contributed by atoms with Crippen LogP contribution in [0.4, 0.5) is 24.8 Å². The van der Waals surface area contributed by atoms with Gasteiger partial charge in [0.1, 0.15) is 24.4 Å². The van der Waals surface area contributed by atoms with Gasteiger partial charge in [-0.15, -0.1) is 0 Å². The van der Waals surface area contributed by atoms with Gasteiger partial charge in [-0.1, -0.05) is 0 Å². The molecular weight excluding hydrogens is 339 g/mol. The van der Waals surface area contributed by atoms with Crippen LogP contribution in [0.5, 0.6) is 0 Å². The summed E-state index contributed by atoms with van der Waals surface area (Å²) in [5.41, 5.74) is 0. The molecule has 0 unspecified atom stereocenters. The maximum Gasteiger partial charge on any atom is 0.397 e. The number of amides is 1. The van der Waals surface area contributed by atoms with Crippen LogP contribution in [-0.4, -0.2) is 79.4 Å². The Morgan fingerprint density at radius 1 is 1.00 bits per heavy atom. The van der Waals surface area contributed by atoms with E-state index in [0.717, 1.165) is 24.7 Å². The monoisotopic (exact) mass is 359 g/mol. The van der Waals surface area contributed by atoms with E-state index in [1.165, 1.54) is 11.2 Å². The molecule has 0 bridgehead atoms. The molecule has 0 aromatic carbocycles. The molecule has 0 spiro atoms. The maximum absolute atomic E-state index is 12.3. The summed E-state index contributed by atoms with van der Waals surface area (Å²) in [4.78, 5) is 25.5. The van der Waals surface area contributed by atoms with Crippen molar-refractivity contribution < 1.29 is 22.7 Å². The predicted octanol–water partition coefficient (Wildman–Crippen LogP) is 0.914. The van der Waals surface area contributed by atoms with Gasteiger partial charge in [-0.25, -0.2) is 9.97 Å². The molecule has 10 heteroatoms. The molecule has 2 saturated heterocycles.